The maximum Gasteiger partial charge on any atom is 0.409 e. The smallest absolute Gasteiger partial charge is 0.409 e. The van der Waals surface area contributed by atoms with Crippen LogP contribution in [0, 0.1) is 0 Å². The highest BCUT2D eigenvalue weighted by Crippen LogP contribution is 2.28. The number of hydrogen-bond donors (Lipinski definition) is 2. The fourth-order valence-electron chi connectivity index (χ4n) is 2.03. The molecule has 0 saturated heterocycles. The molecule has 0 bridgehead atoms. The minimum atomic E-state index is -0.419. The van der Waals surface area contributed by atoms with Crippen molar-refractivity contribution in [3.63, 3.8) is 0 Å². The van der Waals surface area contributed by atoms with E-state index in [0.29, 0.717) is 0 Å². The zero-order chi connectivity index (χ0) is 10.1. The quantitative estimate of drug-likeness (QED) is 0.515. The summed E-state index contributed by atoms with van der Waals surface area (Å²) in [6.07, 6.45) is 2.14. The molecule has 0 radical (unpaired) electrons. The highest BCUT2D eigenvalue weighted by atomic mass is 16.2. The predicted molar refractivity (Wildman–Crippen MR) is 60.4 cm³/mol. The van der Waals surface area contributed by atoms with Crippen LogP contribution in [0.3, 0.4) is 0 Å². The molecule has 0 fully saturated rings. The maximum absolute atomic E-state index is 9.59. The molecule has 1 aliphatic heterocycles. The Kier molecular flexibility index (Phi) is 2.38. The number of hydrogen-bond acceptors (Lipinski definition) is 3. The third-order valence-corrected chi connectivity index (χ3v) is 2.71. The summed E-state index contributed by atoms with van der Waals surface area (Å²) in [4.78, 5) is 2.01. The lowest BCUT2D eigenvalue weighted by atomic mass is 9.81. The molecule has 14 heavy (non-hydrogen) atoms. The summed E-state index contributed by atoms with van der Waals surface area (Å²) in [5.74, 6) is 0. The molecule has 0 amide bonds. The highest BCUT2D eigenvalue weighted by molar-refractivity contribution is 6.53. The minimum Gasteiger partial charge on any atom is -0.432 e. The number of benzene rings is 1. The molecule has 0 atom stereocenters. The van der Waals surface area contributed by atoms with E-state index in [1.165, 1.54) is 5.56 Å². The molecular weight excluding hydrogens is 175 g/mol. The van der Waals surface area contributed by atoms with Gasteiger partial charge >= 0.3 is 7.05 Å². The number of nitrogens with zero attached hydrogens (tertiary/aromatic N) is 1. The topological polar surface area (TPSA) is 49.5 Å². The van der Waals surface area contributed by atoms with E-state index in [1.54, 1.807) is 6.82 Å². The van der Waals surface area contributed by atoms with Gasteiger partial charge in [0.15, 0.2) is 0 Å². The van der Waals surface area contributed by atoms with Crippen LogP contribution in [0.15, 0.2) is 18.2 Å². The van der Waals surface area contributed by atoms with Crippen LogP contribution in [0.4, 0.5) is 11.4 Å². The molecule has 74 valence electrons. The first-order chi connectivity index (χ1) is 6.68. The monoisotopic (exact) mass is 190 g/mol. The van der Waals surface area contributed by atoms with E-state index in [0.717, 1.165) is 30.8 Å². The molecule has 4 heteroatoms. The Morgan fingerprint density at radius 2 is 2.29 bits per heavy atom. The zero-order valence-electron chi connectivity index (χ0n) is 8.40. The second-order valence-corrected chi connectivity index (χ2v) is 3.82. The van der Waals surface area contributed by atoms with Crippen molar-refractivity contribution in [3.8, 4) is 0 Å². The van der Waals surface area contributed by atoms with Crippen LogP contribution in [0.5, 0.6) is 0 Å². The normalized spacial score (nSPS) is 15.1. The van der Waals surface area contributed by atoms with Crippen molar-refractivity contribution < 1.29 is 5.02 Å². The molecule has 1 aliphatic rings. The van der Waals surface area contributed by atoms with E-state index in [1.807, 2.05) is 23.0 Å². The molecule has 0 spiro atoms. The number of rotatable bonds is 1. The first-order valence-electron chi connectivity index (χ1n) is 5.01. The van der Waals surface area contributed by atoms with E-state index in [9.17, 15) is 5.02 Å². The van der Waals surface area contributed by atoms with Gasteiger partial charge in [-0.1, -0.05) is 0 Å². The van der Waals surface area contributed by atoms with Crippen molar-refractivity contribution in [2.24, 2.45) is 0 Å². The zero-order valence-corrected chi connectivity index (χ0v) is 8.40. The summed E-state index contributed by atoms with van der Waals surface area (Å²) in [7, 11) is -0.419. The largest absolute Gasteiger partial charge is 0.432 e. The van der Waals surface area contributed by atoms with Crippen molar-refractivity contribution in [2.75, 3.05) is 17.1 Å². The van der Waals surface area contributed by atoms with Crippen molar-refractivity contribution >= 4 is 18.4 Å². The fraction of sp³-hybridized carbons (Fsp3) is 0.400. The average Bonchev–Trinajstić information content (AvgIpc) is 2.16. The van der Waals surface area contributed by atoms with Crippen LogP contribution in [0.1, 0.15) is 12.0 Å². The minimum absolute atomic E-state index is 0.419. The van der Waals surface area contributed by atoms with Crippen molar-refractivity contribution in [1.82, 2.24) is 0 Å². The van der Waals surface area contributed by atoms with Gasteiger partial charge in [-0.25, -0.2) is 0 Å². The van der Waals surface area contributed by atoms with Crippen molar-refractivity contribution in [1.29, 1.82) is 0 Å². The van der Waals surface area contributed by atoms with Gasteiger partial charge in [0.2, 0.25) is 0 Å². The Balaban J connectivity index is 2.40. The number of nitrogens with two attached hydrogens (primary N) is 1. The molecular formula is C10H15BN2O. The second kappa shape index (κ2) is 3.54. The Morgan fingerprint density at radius 1 is 1.50 bits per heavy atom. The van der Waals surface area contributed by atoms with Gasteiger partial charge in [0.1, 0.15) is 0 Å². The molecule has 0 saturated carbocycles. The summed E-state index contributed by atoms with van der Waals surface area (Å²) >= 11 is 0. The Labute approximate surface area is 84.7 Å². The summed E-state index contributed by atoms with van der Waals surface area (Å²) in [5.41, 5.74) is 8.90. The third kappa shape index (κ3) is 1.57. The van der Waals surface area contributed by atoms with E-state index >= 15 is 0 Å². The fourth-order valence-corrected chi connectivity index (χ4v) is 2.03. The Bertz CT molecular complexity index is 341. The van der Waals surface area contributed by atoms with E-state index < -0.39 is 7.05 Å². The van der Waals surface area contributed by atoms with Gasteiger partial charge in [-0.05, 0) is 43.4 Å². The van der Waals surface area contributed by atoms with Gasteiger partial charge in [0, 0.05) is 17.9 Å². The lowest BCUT2D eigenvalue weighted by Crippen LogP contribution is -2.40. The standard InChI is InChI=1S/C10H15BN2O/c1-11(14)13-6-2-3-8-7-9(12)4-5-10(8)13/h4-5,7,14H,2-3,6,12H2,1H3. The number of nitrogen functional groups attached to an aromatic ring is 1. The molecule has 1 aromatic carbocycles. The SMILES string of the molecule is CB(O)N1CCCc2cc(N)ccc21. The molecule has 3 N–H and O–H groups in total. The first kappa shape index (κ1) is 9.40. The van der Waals surface area contributed by atoms with E-state index in [-0.39, 0.29) is 0 Å². The molecule has 0 aliphatic carbocycles. The lowest BCUT2D eigenvalue weighted by molar-refractivity contribution is 0.563. The lowest BCUT2D eigenvalue weighted by Gasteiger charge is -2.32. The average molecular weight is 190 g/mol. The van der Waals surface area contributed by atoms with Gasteiger partial charge in [0.25, 0.3) is 0 Å². The molecule has 0 aromatic heterocycles. The molecule has 3 nitrogen and oxygen atoms in total. The van der Waals surface area contributed by atoms with Gasteiger partial charge in [0.05, 0.1) is 0 Å². The van der Waals surface area contributed by atoms with Crippen LogP contribution in [-0.2, 0) is 6.42 Å². The summed E-state index contributed by atoms with van der Waals surface area (Å²) < 4.78 is 0. The summed E-state index contributed by atoms with van der Waals surface area (Å²) in [6.45, 7) is 2.72. The van der Waals surface area contributed by atoms with Crippen LogP contribution >= 0.6 is 0 Å². The molecule has 1 heterocycles. The van der Waals surface area contributed by atoms with Crippen LogP contribution in [0.2, 0.25) is 6.82 Å². The van der Waals surface area contributed by atoms with Crippen LogP contribution in [-0.4, -0.2) is 18.6 Å². The van der Waals surface area contributed by atoms with Crippen LogP contribution < -0.4 is 10.5 Å². The number of aryl methyl sites for hydroxylation is 1. The first-order valence-corrected chi connectivity index (χ1v) is 5.01. The molecule has 0 unspecified atom stereocenters. The van der Waals surface area contributed by atoms with Gasteiger partial charge < -0.3 is 15.6 Å². The Morgan fingerprint density at radius 3 is 3.00 bits per heavy atom. The number of anilines is 2. The summed E-state index contributed by atoms with van der Waals surface area (Å²) in [6, 6.07) is 5.89. The number of fused-ring (bicyclic) bond motifs is 1. The van der Waals surface area contributed by atoms with E-state index in [4.69, 9.17) is 5.73 Å². The predicted octanol–water partition coefficient (Wildman–Crippen LogP) is 1.13. The van der Waals surface area contributed by atoms with Crippen LogP contribution in [0.25, 0.3) is 0 Å². The highest BCUT2D eigenvalue weighted by Gasteiger charge is 2.22. The van der Waals surface area contributed by atoms with Gasteiger partial charge in [-0.2, -0.15) is 0 Å². The molecule has 1 aromatic rings. The second-order valence-electron chi connectivity index (χ2n) is 3.82. The van der Waals surface area contributed by atoms with Gasteiger partial charge in [-0.15, -0.1) is 0 Å². The van der Waals surface area contributed by atoms with Gasteiger partial charge in [-0.3, -0.25) is 0 Å². The maximum atomic E-state index is 9.59. The molecule has 2 rings (SSSR count). The third-order valence-electron chi connectivity index (χ3n) is 2.71. The van der Waals surface area contributed by atoms with Crippen molar-refractivity contribution in [3.05, 3.63) is 23.8 Å². The van der Waals surface area contributed by atoms with E-state index in [2.05, 4.69) is 0 Å². The Hall–Kier alpha value is -1.16. The summed E-state index contributed by atoms with van der Waals surface area (Å²) in [5, 5.41) is 9.59. The van der Waals surface area contributed by atoms with Crippen molar-refractivity contribution in [2.45, 2.75) is 19.7 Å².